The van der Waals surface area contributed by atoms with E-state index < -0.39 is 0 Å². The standard InChI is InChI=1S/C20H30O3/c1-19(2,3)11-15-7-9-22-17(15)13-21-14-18-16(8-10-23-18)12-20(4,5)6/h7-10H,11-14H2,1-6H3. The van der Waals surface area contributed by atoms with Gasteiger partial charge in [-0.2, -0.15) is 0 Å². The molecule has 23 heavy (non-hydrogen) atoms. The molecule has 0 fully saturated rings. The maximum Gasteiger partial charge on any atom is 0.132 e. The van der Waals surface area contributed by atoms with Crippen molar-refractivity contribution in [3.8, 4) is 0 Å². The molecule has 3 heteroatoms. The normalized spacial score (nSPS) is 12.8. The number of ether oxygens (including phenoxy) is 1. The third-order valence-corrected chi connectivity index (χ3v) is 3.58. The van der Waals surface area contributed by atoms with Crippen molar-refractivity contribution < 1.29 is 13.6 Å². The fourth-order valence-corrected chi connectivity index (χ4v) is 2.68. The second-order valence-corrected chi connectivity index (χ2v) is 8.71. The van der Waals surface area contributed by atoms with Crippen LogP contribution in [-0.2, 0) is 30.8 Å². The quantitative estimate of drug-likeness (QED) is 0.678. The molecule has 0 aliphatic heterocycles. The summed E-state index contributed by atoms with van der Waals surface area (Å²) in [5.74, 6) is 1.84. The van der Waals surface area contributed by atoms with E-state index in [-0.39, 0.29) is 10.8 Å². The lowest BCUT2D eigenvalue weighted by atomic mass is 9.88. The predicted molar refractivity (Wildman–Crippen MR) is 92.2 cm³/mol. The van der Waals surface area contributed by atoms with Gasteiger partial charge >= 0.3 is 0 Å². The van der Waals surface area contributed by atoms with Crippen LogP contribution >= 0.6 is 0 Å². The molecule has 0 aliphatic rings. The third kappa shape index (κ3) is 5.91. The summed E-state index contributed by atoms with van der Waals surface area (Å²) in [5.41, 5.74) is 2.93. The molecule has 0 bridgehead atoms. The van der Waals surface area contributed by atoms with Gasteiger partial charge in [0, 0.05) is 0 Å². The van der Waals surface area contributed by atoms with Crippen LogP contribution in [0.25, 0.3) is 0 Å². The summed E-state index contributed by atoms with van der Waals surface area (Å²) in [4.78, 5) is 0. The Morgan fingerprint density at radius 3 is 1.48 bits per heavy atom. The van der Waals surface area contributed by atoms with E-state index in [1.54, 1.807) is 12.5 Å². The lowest BCUT2D eigenvalue weighted by molar-refractivity contribution is 0.0784. The fourth-order valence-electron chi connectivity index (χ4n) is 2.68. The number of hydrogen-bond donors (Lipinski definition) is 0. The molecule has 0 spiro atoms. The lowest BCUT2D eigenvalue weighted by Gasteiger charge is -2.18. The van der Waals surface area contributed by atoms with Gasteiger partial charge in [0.2, 0.25) is 0 Å². The first-order valence-electron chi connectivity index (χ1n) is 8.32. The molecule has 0 amide bonds. The highest BCUT2D eigenvalue weighted by Gasteiger charge is 2.18. The minimum atomic E-state index is 0.236. The van der Waals surface area contributed by atoms with Crippen molar-refractivity contribution in [1.82, 2.24) is 0 Å². The van der Waals surface area contributed by atoms with Crippen molar-refractivity contribution in [3.63, 3.8) is 0 Å². The van der Waals surface area contributed by atoms with Gasteiger partial charge in [-0.1, -0.05) is 41.5 Å². The van der Waals surface area contributed by atoms with Crippen LogP contribution in [0.3, 0.4) is 0 Å². The smallest absolute Gasteiger partial charge is 0.132 e. The molecular formula is C20H30O3. The molecule has 0 unspecified atom stereocenters. The van der Waals surface area contributed by atoms with Gasteiger partial charge < -0.3 is 13.6 Å². The second-order valence-electron chi connectivity index (χ2n) is 8.71. The largest absolute Gasteiger partial charge is 0.467 e. The van der Waals surface area contributed by atoms with Crippen LogP contribution < -0.4 is 0 Å². The van der Waals surface area contributed by atoms with Crippen molar-refractivity contribution in [3.05, 3.63) is 47.3 Å². The van der Waals surface area contributed by atoms with Gasteiger partial charge in [0.1, 0.15) is 24.7 Å². The van der Waals surface area contributed by atoms with Crippen molar-refractivity contribution >= 4 is 0 Å². The number of rotatable bonds is 6. The van der Waals surface area contributed by atoms with Gasteiger partial charge in [-0.3, -0.25) is 0 Å². The highest BCUT2D eigenvalue weighted by molar-refractivity contribution is 5.19. The molecule has 3 nitrogen and oxygen atoms in total. The summed E-state index contributed by atoms with van der Waals surface area (Å²) in [6.07, 6.45) is 5.46. The molecule has 0 N–H and O–H groups in total. The molecular weight excluding hydrogens is 288 g/mol. The minimum absolute atomic E-state index is 0.236. The molecule has 2 heterocycles. The van der Waals surface area contributed by atoms with E-state index in [9.17, 15) is 0 Å². The fraction of sp³-hybridized carbons (Fsp3) is 0.600. The first-order chi connectivity index (χ1) is 10.6. The molecule has 2 aromatic heterocycles. The minimum Gasteiger partial charge on any atom is -0.467 e. The zero-order valence-electron chi connectivity index (χ0n) is 15.4. The summed E-state index contributed by atoms with van der Waals surface area (Å²) in [7, 11) is 0. The summed E-state index contributed by atoms with van der Waals surface area (Å²) < 4.78 is 17.0. The Bertz CT molecular complexity index is 551. The summed E-state index contributed by atoms with van der Waals surface area (Å²) in [6.45, 7) is 14.3. The Labute approximate surface area is 140 Å². The molecule has 2 aromatic rings. The van der Waals surface area contributed by atoms with Crippen LogP contribution in [0.4, 0.5) is 0 Å². The van der Waals surface area contributed by atoms with Gasteiger partial charge in [0.15, 0.2) is 0 Å². The molecule has 0 radical (unpaired) electrons. The summed E-state index contributed by atoms with van der Waals surface area (Å²) in [5, 5.41) is 0. The van der Waals surface area contributed by atoms with Crippen molar-refractivity contribution in [1.29, 1.82) is 0 Å². The second kappa shape index (κ2) is 6.96. The molecule has 0 saturated heterocycles. The average Bonchev–Trinajstić information content (AvgIpc) is 2.96. The van der Waals surface area contributed by atoms with E-state index in [2.05, 4.69) is 41.5 Å². The Balaban J connectivity index is 1.92. The Morgan fingerprint density at radius 2 is 1.13 bits per heavy atom. The first kappa shape index (κ1) is 17.9. The topological polar surface area (TPSA) is 35.5 Å². The highest BCUT2D eigenvalue weighted by atomic mass is 16.5. The Kier molecular flexibility index (Phi) is 5.41. The molecule has 2 rings (SSSR count). The first-order valence-corrected chi connectivity index (χ1v) is 8.32. The molecule has 0 aromatic carbocycles. The number of furan rings is 2. The number of hydrogen-bond acceptors (Lipinski definition) is 3. The van der Waals surface area contributed by atoms with Crippen molar-refractivity contribution in [2.75, 3.05) is 0 Å². The van der Waals surface area contributed by atoms with Crippen LogP contribution in [0.5, 0.6) is 0 Å². The zero-order chi connectivity index (χ0) is 17.1. The van der Waals surface area contributed by atoms with Crippen molar-refractivity contribution in [2.45, 2.75) is 67.6 Å². The Morgan fingerprint density at radius 1 is 0.739 bits per heavy atom. The van der Waals surface area contributed by atoms with Crippen LogP contribution in [-0.4, -0.2) is 0 Å². The molecule has 0 atom stereocenters. The third-order valence-electron chi connectivity index (χ3n) is 3.58. The van der Waals surface area contributed by atoms with Gasteiger partial charge in [0.25, 0.3) is 0 Å². The SMILES string of the molecule is CC(C)(C)Cc1ccoc1COCc1occc1CC(C)(C)C. The van der Waals surface area contributed by atoms with E-state index in [4.69, 9.17) is 13.6 Å². The average molecular weight is 318 g/mol. The summed E-state index contributed by atoms with van der Waals surface area (Å²) >= 11 is 0. The van der Waals surface area contributed by atoms with Gasteiger partial charge in [-0.05, 0) is 46.9 Å². The highest BCUT2D eigenvalue weighted by Crippen LogP contribution is 2.26. The maximum atomic E-state index is 5.85. The molecule has 0 saturated carbocycles. The van der Waals surface area contributed by atoms with E-state index >= 15 is 0 Å². The van der Waals surface area contributed by atoms with E-state index in [0.717, 1.165) is 24.4 Å². The monoisotopic (exact) mass is 318 g/mol. The van der Waals surface area contributed by atoms with Gasteiger partial charge in [-0.25, -0.2) is 0 Å². The van der Waals surface area contributed by atoms with E-state index in [0.29, 0.717) is 13.2 Å². The predicted octanol–water partition coefficient (Wildman–Crippen LogP) is 5.77. The van der Waals surface area contributed by atoms with Crippen LogP contribution in [0.15, 0.2) is 33.5 Å². The molecule has 0 aliphatic carbocycles. The van der Waals surface area contributed by atoms with Gasteiger partial charge in [-0.15, -0.1) is 0 Å². The van der Waals surface area contributed by atoms with Crippen LogP contribution in [0.1, 0.15) is 64.2 Å². The Hall–Kier alpha value is -1.48. The molecule has 128 valence electrons. The van der Waals surface area contributed by atoms with E-state index in [1.165, 1.54) is 11.1 Å². The van der Waals surface area contributed by atoms with Crippen LogP contribution in [0, 0.1) is 10.8 Å². The van der Waals surface area contributed by atoms with Crippen LogP contribution in [0.2, 0.25) is 0 Å². The summed E-state index contributed by atoms with van der Waals surface area (Å²) in [6, 6.07) is 4.09. The maximum absolute atomic E-state index is 5.85. The van der Waals surface area contributed by atoms with Crippen molar-refractivity contribution in [2.24, 2.45) is 10.8 Å². The van der Waals surface area contributed by atoms with Gasteiger partial charge in [0.05, 0.1) is 12.5 Å². The van der Waals surface area contributed by atoms with E-state index in [1.807, 2.05) is 12.1 Å². The lowest BCUT2D eigenvalue weighted by Crippen LogP contribution is -2.11. The zero-order valence-corrected chi connectivity index (χ0v) is 15.4.